The fourth-order valence-electron chi connectivity index (χ4n) is 1.70. The van der Waals surface area contributed by atoms with Crippen molar-refractivity contribution >= 4 is 17.3 Å². The van der Waals surface area contributed by atoms with Crippen LogP contribution < -0.4 is 10.1 Å². The zero-order valence-corrected chi connectivity index (χ0v) is 11.5. The van der Waals surface area contributed by atoms with Crippen molar-refractivity contribution in [3.8, 4) is 5.75 Å². The number of ether oxygens (including phenoxy) is 1. The van der Waals surface area contributed by atoms with E-state index in [2.05, 4.69) is 5.32 Å². The van der Waals surface area contributed by atoms with E-state index in [0.717, 1.165) is 17.9 Å². The first-order valence-corrected chi connectivity index (χ1v) is 6.61. The first-order valence-electron chi connectivity index (χ1n) is 6.23. The van der Waals surface area contributed by atoms with E-state index in [1.807, 2.05) is 30.3 Å². The van der Waals surface area contributed by atoms with E-state index in [4.69, 9.17) is 16.3 Å². The van der Waals surface area contributed by atoms with Gasteiger partial charge in [-0.1, -0.05) is 29.8 Å². The van der Waals surface area contributed by atoms with Crippen LogP contribution in [0.5, 0.6) is 5.75 Å². The van der Waals surface area contributed by atoms with Gasteiger partial charge in [0, 0.05) is 12.6 Å². The Labute approximate surface area is 121 Å². The van der Waals surface area contributed by atoms with Crippen LogP contribution in [-0.2, 0) is 0 Å². The van der Waals surface area contributed by atoms with Crippen molar-refractivity contribution in [3.63, 3.8) is 0 Å². The molecule has 0 aliphatic rings. The molecular formula is C15H14ClF2NO. The van der Waals surface area contributed by atoms with Crippen LogP contribution in [0.25, 0.3) is 0 Å². The standard InChI is InChI=1S/C15H14ClF2NO/c16-13-9-11(17)10-14(18)15(13)19-7-4-8-20-12-5-2-1-3-6-12/h1-3,5-6,9-10,19H,4,7-8H2. The maximum atomic E-state index is 13.5. The lowest BCUT2D eigenvalue weighted by Crippen LogP contribution is -2.09. The molecule has 0 radical (unpaired) electrons. The fourth-order valence-corrected chi connectivity index (χ4v) is 1.96. The molecule has 0 aromatic heterocycles. The molecule has 2 aromatic rings. The lowest BCUT2D eigenvalue weighted by atomic mass is 10.3. The minimum Gasteiger partial charge on any atom is -0.494 e. The van der Waals surface area contributed by atoms with Gasteiger partial charge >= 0.3 is 0 Å². The van der Waals surface area contributed by atoms with Crippen LogP contribution >= 0.6 is 11.6 Å². The predicted octanol–water partition coefficient (Wildman–Crippen LogP) is 4.50. The largest absolute Gasteiger partial charge is 0.494 e. The minimum atomic E-state index is -0.695. The molecule has 0 fully saturated rings. The topological polar surface area (TPSA) is 21.3 Å². The van der Waals surface area contributed by atoms with Gasteiger partial charge in [-0.2, -0.15) is 0 Å². The normalized spacial score (nSPS) is 10.3. The van der Waals surface area contributed by atoms with Crippen molar-refractivity contribution in [3.05, 3.63) is 59.1 Å². The summed E-state index contributed by atoms with van der Waals surface area (Å²) in [6.07, 6.45) is 0.669. The quantitative estimate of drug-likeness (QED) is 0.793. The van der Waals surface area contributed by atoms with E-state index in [0.29, 0.717) is 19.6 Å². The van der Waals surface area contributed by atoms with Crippen LogP contribution in [0.2, 0.25) is 5.02 Å². The van der Waals surface area contributed by atoms with E-state index in [9.17, 15) is 8.78 Å². The lowest BCUT2D eigenvalue weighted by molar-refractivity contribution is 0.315. The van der Waals surface area contributed by atoms with E-state index in [-0.39, 0.29) is 10.7 Å². The first kappa shape index (κ1) is 14.6. The monoisotopic (exact) mass is 297 g/mol. The number of hydrogen-bond donors (Lipinski definition) is 1. The van der Waals surface area contributed by atoms with E-state index in [1.54, 1.807) is 0 Å². The SMILES string of the molecule is Fc1cc(F)c(NCCCOc2ccccc2)c(Cl)c1. The third kappa shape index (κ3) is 4.10. The highest BCUT2D eigenvalue weighted by atomic mass is 35.5. The molecule has 0 heterocycles. The maximum absolute atomic E-state index is 13.5. The van der Waals surface area contributed by atoms with Crippen LogP contribution in [-0.4, -0.2) is 13.2 Å². The maximum Gasteiger partial charge on any atom is 0.150 e. The lowest BCUT2D eigenvalue weighted by Gasteiger charge is -2.10. The Bertz CT molecular complexity index is 540. The Kier molecular flexibility index (Phi) is 5.18. The van der Waals surface area contributed by atoms with Crippen LogP contribution in [0.15, 0.2) is 42.5 Å². The Morgan fingerprint density at radius 3 is 2.55 bits per heavy atom. The zero-order valence-electron chi connectivity index (χ0n) is 10.7. The third-order valence-corrected chi connectivity index (χ3v) is 2.94. The number of para-hydroxylation sites is 1. The molecular weight excluding hydrogens is 284 g/mol. The fraction of sp³-hybridized carbons (Fsp3) is 0.200. The summed E-state index contributed by atoms with van der Waals surface area (Å²) in [4.78, 5) is 0. The second-order valence-corrected chi connectivity index (χ2v) is 4.59. The number of rotatable bonds is 6. The molecule has 1 N–H and O–H groups in total. The van der Waals surface area contributed by atoms with Crippen LogP contribution in [0.1, 0.15) is 6.42 Å². The van der Waals surface area contributed by atoms with Gasteiger partial charge in [-0.3, -0.25) is 0 Å². The summed E-state index contributed by atoms with van der Waals surface area (Å²) >= 11 is 5.77. The molecule has 5 heteroatoms. The second kappa shape index (κ2) is 7.10. The molecule has 106 valence electrons. The summed E-state index contributed by atoms with van der Waals surface area (Å²) in [7, 11) is 0. The van der Waals surface area contributed by atoms with Crippen molar-refractivity contribution in [2.75, 3.05) is 18.5 Å². The molecule has 0 unspecified atom stereocenters. The van der Waals surface area contributed by atoms with Crippen LogP contribution in [0.3, 0.4) is 0 Å². The predicted molar refractivity (Wildman–Crippen MR) is 76.4 cm³/mol. The molecule has 0 bridgehead atoms. The molecule has 0 saturated carbocycles. The number of anilines is 1. The molecule has 2 rings (SSSR count). The minimum absolute atomic E-state index is 0.0338. The average Bonchev–Trinajstić information content (AvgIpc) is 2.42. The molecule has 2 nitrogen and oxygen atoms in total. The third-order valence-electron chi connectivity index (χ3n) is 2.64. The number of nitrogens with one attached hydrogen (secondary N) is 1. The molecule has 0 aliphatic carbocycles. The first-order chi connectivity index (χ1) is 9.66. The Hall–Kier alpha value is -1.81. The zero-order chi connectivity index (χ0) is 14.4. The van der Waals surface area contributed by atoms with Crippen molar-refractivity contribution in [2.45, 2.75) is 6.42 Å². The summed E-state index contributed by atoms with van der Waals surface area (Å²) in [6, 6.07) is 11.3. The van der Waals surface area contributed by atoms with Gasteiger partial charge in [-0.15, -0.1) is 0 Å². The molecule has 0 saturated heterocycles. The van der Waals surface area contributed by atoms with Gasteiger partial charge in [-0.05, 0) is 24.6 Å². The van der Waals surface area contributed by atoms with Crippen molar-refractivity contribution < 1.29 is 13.5 Å². The van der Waals surface area contributed by atoms with Gasteiger partial charge in [0.25, 0.3) is 0 Å². The number of halogens is 3. The number of benzene rings is 2. The molecule has 2 aromatic carbocycles. The number of hydrogen-bond acceptors (Lipinski definition) is 2. The Balaban J connectivity index is 1.76. The summed E-state index contributed by atoms with van der Waals surface area (Å²) in [5.41, 5.74) is 0.118. The highest BCUT2D eigenvalue weighted by Gasteiger charge is 2.09. The van der Waals surface area contributed by atoms with Gasteiger partial charge in [0.1, 0.15) is 11.6 Å². The second-order valence-electron chi connectivity index (χ2n) is 4.19. The Morgan fingerprint density at radius 2 is 1.85 bits per heavy atom. The summed E-state index contributed by atoms with van der Waals surface area (Å²) in [5, 5.41) is 2.87. The molecule has 0 aliphatic heterocycles. The van der Waals surface area contributed by atoms with E-state index < -0.39 is 11.6 Å². The highest BCUT2D eigenvalue weighted by Crippen LogP contribution is 2.26. The smallest absolute Gasteiger partial charge is 0.150 e. The van der Waals surface area contributed by atoms with Crippen molar-refractivity contribution in [1.29, 1.82) is 0 Å². The van der Waals surface area contributed by atoms with Crippen molar-refractivity contribution in [2.24, 2.45) is 0 Å². The average molecular weight is 298 g/mol. The molecule has 0 spiro atoms. The molecule has 0 atom stereocenters. The van der Waals surface area contributed by atoms with E-state index in [1.165, 1.54) is 0 Å². The summed E-state index contributed by atoms with van der Waals surface area (Å²) in [5.74, 6) is -0.595. The van der Waals surface area contributed by atoms with Gasteiger partial charge in [0.05, 0.1) is 17.3 Å². The van der Waals surface area contributed by atoms with Crippen LogP contribution in [0, 0.1) is 11.6 Å². The van der Waals surface area contributed by atoms with Gasteiger partial charge in [0.15, 0.2) is 5.82 Å². The van der Waals surface area contributed by atoms with E-state index >= 15 is 0 Å². The van der Waals surface area contributed by atoms with Crippen LogP contribution in [0.4, 0.5) is 14.5 Å². The highest BCUT2D eigenvalue weighted by molar-refractivity contribution is 6.33. The summed E-state index contributed by atoms with van der Waals surface area (Å²) in [6.45, 7) is 0.979. The van der Waals surface area contributed by atoms with Gasteiger partial charge in [0.2, 0.25) is 0 Å². The molecule has 0 amide bonds. The van der Waals surface area contributed by atoms with Gasteiger partial charge in [-0.25, -0.2) is 8.78 Å². The summed E-state index contributed by atoms with van der Waals surface area (Å²) < 4.78 is 31.8. The Morgan fingerprint density at radius 1 is 1.10 bits per heavy atom. The molecule has 20 heavy (non-hydrogen) atoms. The van der Waals surface area contributed by atoms with Crippen molar-refractivity contribution in [1.82, 2.24) is 0 Å². The van der Waals surface area contributed by atoms with Gasteiger partial charge < -0.3 is 10.1 Å².